The molecule has 0 radical (unpaired) electrons. The van der Waals surface area contributed by atoms with E-state index in [1.54, 1.807) is 24.5 Å². The summed E-state index contributed by atoms with van der Waals surface area (Å²) in [4.78, 5) is 18.5. The molecule has 1 aromatic heterocycles. The number of amides is 1. The van der Waals surface area contributed by atoms with Crippen LogP contribution in [0.25, 0.3) is 0 Å². The lowest BCUT2D eigenvalue weighted by molar-refractivity contribution is 0.0340. The lowest BCUT2D eigenvalue weighted by atomic mass is 10.1. The summed E-state index contributed by atoms with van der Waals surface area (Å²) in [7, 11) is 0. The molecule has 5 heteroatoms. The first-order chi connectivity index (χ1) is 11.3. The molecule has 3 rings (SSSR count). The number of carbonyl (C=O) groups is 1. The summed E-state index contributed by atoms with van der Waals surface area (Å²) in [5.74, 6) is -0.0754. The van der Waals surface area contributed by atoms with Crippen LogP contribution in [0.15, 0.2) is 48.8 Å². The fourth-order valence-electron chi connectivity index (χ4n) is 2.67. The van der Waals surface area contributed by atoms with Crippen molar-refractivity contribution in [3.05, 3.63) is 65.5 Å². The minimum absolute atomic E-state index is 0.0754. The molecule has 1 saturated heterocycles. The van der Waals surface area contributed by atoms with E-state index >= 15 is 0 Å². The zero-order chi connectivity index (χ0) is 15.9. The van der Waals surface area contributed by atoms with E-state index in [0.29, 0.717) is 12.1 Å². The summed E-state index contributed by atoms with van der Waals surface area (Å²) in [5.41, 5.74) is 3.04. The molecule has 2 heterocycles. The van der Waals surface area contributed by atoms with Crippen molar-refractivity contribution in [3.8, 4) is 0 Å². The van der Waals surface area contributed by atoms with Crippen LogP contribution in [0.3, 0.4) is 0 Å². The maximum absolute atomic E-state index is 12.2. The van der Waals surface area contributed by atoms with Gasteiger partial charge in [-0.25, -0.2) is 0 Å². The van der Waals surface area contributed by atoms with Gasteiger partial charge in [0.2, 0.25) is 0 Å². The monoisotopic (exact) mass is 311 g/mol. The first-order valence-corrected chi connectivity index (χ1v) is 7.88. The van der Waals surface area contributed by atoms with Crippen molar-refractivity contribution in [2.45, 2.75) is 13.1 Å². The Morgan fingerprint density at radius 2 is 1.78 bits per heavy atom. The van der Waals surface area contributed by atoms with E-state index in [0.717, 1.165) is 38.4 Å². The molecule has 1 aliphatic rings. The lowest BCUT2D eigenvalue weighted by Crippen LogP contribution is -2.36. The molecule has 1 aromatic carbocycles. The number of ether oxygens (including phenoxy) is 1. The highest BCUT2D eigenvalue weighted by Gasteiger charge is 2.13. The van der Waals surface area contributed by atoms with Gasteiger partial charge in [0.25, 0.3) is 5.91 Å². The molecule has 5 nitrogen and oxygen atoms in total. The fourth-order valence-corrected chi connectivity index (χ4v) is 2.67. The summed E-state index contributed by atoms with van der Waals surface area (Å²) in [6, 6.07) is 11.7. The minimum Gasteiger partial charge on any atom is -0.379 e. The third-order valence-corrected chi connectivity index (χ3v) is 4.00. The molecule has 0 atom stereocenters. The topological polar surface area (TPSA) is 54.5 Å². The first-order valence-electron chi connectivity index (χ1n) is 7.88. The molecule has 0 saturated carbocycles. The van der Waals surface area contributed by atoms with Crippen molar-refractivity contribution in [2.24, 2.45) is 0 Å². The van der Waals surface area contributed by atoms with Crippen LogP contribution < -0.4 is 5.32 Å². The van der Waals surface area contributed by atoms with E-state index < -0.39 is 0 Å². The largest absolute Gasteiger partial charge is 0.379 e. The summed E-state index contributed by atoms with van der Waals surface area (Å²) >= 11 is 0. The number of pyridine rings is 1. The third-order valence-electron chi connectivity index (χ3n) is 4.00. The van der Waals surface area contributed by atoms with Crippen molar-refractivity contribution < 1.29 is 9.53 Å². The third kappa shape index (κ3) is 4.37. The SMILES string of the molecule is O=C(NCc1ccccc1CN1CCOCC1)c1ccncc1. The number of rotatable bonds is 5. The molecular weight excluding hydrogens is 290 g/mol. The average Bonchev–Trinajstić information content (AvgIpc) is 2.62. The molecule has 0 spiro atoms. The molecule has 0 aliphatic carbocycles. The van der Waals surface area contributed by atoms with Crippen LogP contribution in [0.5, 0.6) is 0 Å². The summed E-state index contributed by atoms with van der Waals surface area (Å²) in [6.45, 7) is 4.92. The van der Waals surface area contributed by atoms with E-state index in [1.165, 1.54) is 5.56 Å². The fraction of sp³-hybridized carbons (Fsp3) is 0.333. The highest BCUT2D eigenvalue weighted by molar-refractivity contribution is 5.93. The molecule has 23 heavy (non-hydrogen) atoms. The molecule has 0 unspecified atom stereocenters. The molecule has 120 valence electrons. The van der Waals surface area contributed by atoms with E-state index in [-0.39, 0.29) is 5.91 Å². The van der Waals surface area contributed by atoms with Crippen molar-refractivity contribution in [1.29, 1.82) is 0 Å². The molecule has 1 aliphatic heterocycles. The number of hydrogen-bond acceptors (Lipinski definition) is 4. The predicted octanol–water partition coefficient (Wildman–Crippen LogP) is 1.84. The highest BCUT2D eigenvalue weighted by atomic mass is 16.5. The zero-order valence-corrected chi connectivity index (χ0v) is 13.1. The van der Waals surface area contributed by atoms with Gasteiger partial charge in [0, 0.05) is 44.1 Å². The molecule has 1 N–H and O–H groups in total. The van der Waals surface area contributed by atoms with E-state index in [2.05, 4.69) is 27.3 Å². The van der Waals surface area contributed by atoms with Crippen molar-refractivity contribution in [2.75, 3.05) is 26.3 Å². The maximum atomic E-state index is 12.2. The Bertz CT molecular complexity index is 640. The Kier molecular flexibility index (Phi) is 5.34. The number of nitrogens with one attached hydrogen (secondary N) is 1. The van der Waals surface area contributed by atoms with Gasteiger partial charge in [0.1, 0.15) is 0 Å². The van der Waals surface area contributed by atoms with Gasteiger partial charge in [-0.3, -0.25) is 14.7 Å². The molecule has 2 aromatic rings. The summed E-state index contributed by atoms with van der Waals surface area (Å²) < 4.78 is 5.39. The number of nitrogens with zero attached hydrogens (tertiary/aromatic N) is 2. The van der Waals surface area contributed by atoms with Gasteiger partial charge in [0.15, 0.2) is 0 Å². The Morgan fingerprint density at radius 1 is 1.09 bits per heavy atom. The van der Waals surface area contributed by atoms with Gasteiger partial charge < -0.3 is 10.1 Å². The van der Waals surface area contributed by atoms with Crippen LogP contribution in [0, 0.1) is 0 Å². The molecule has 0 bridgehead atoms. The average molecular weight is 311 g/mol. The zero-order valence-electron chi connectivity index (χ0n) is 13.1. The Morgan fingerprint density at radius 3 is 2.52 bits per heavy atom. The molecule has 1 amide bonds. The van der Waals surface area contributed by atoms with Crippen molar-refractivity contribution in [1.82, 2.24) is 15.2 Å². The normalized spacial score (nSPS) is 15.3. The van der Waals surface area contributed by atoms with Gasteiger partial charge in [-0.15, -0.1) is 0 Å². The Hall–Kier alpha value is -2.24. The van der Waals surface area contributed by atoms with E-state index in [4.69, 9.17) is 4.74 Å². The lowest BCUT2D eigenvalue weighted by Gasteiger charge is -2.27. The number of aromatic nitrogens is 1. The smallest absolute Gasteiger partial charge is 0.251 e. The van der Waals surface area contributed by atoms with Gasteiger partial charge in [0.05, 0.1) is 13.2 Å². The van der Waals surface area contributed by atoms with Crippen LogP contribution in [0.2, 0.25) is 0 Å². The second-order valence-electron chi connectivity index (χ2n) is 5.58. The van der Waals surface area contributed by atoms with Crippen LogP contribution in [-0.2, 0) is 17.8 Å². The first kappa shape index (κ1) is 15.6. The van der Waals surface area contributed by atoms with Crippen molar-refractivity contribution in [3.63, 3.8) is 0 Å². The van der Waals surface area contributed by atoms with Crippen LogP contribution >= 0.6 is 0 Å². The minimum atomic E-state index is -0.0754. The number of carbonyl (C=O) groups excluding carboxylic acids is 1. The predicted molar refractivity (Wildman–Crippen MR) is 87.9 cm³/mol. The summed E-state index contributed by atoms with van der Waals surface area (Å²) in [5, 5.41) is 2.98. The van der Waals surface area contributed by atoms with Crippen LogP contribution in [0.4, 0.5) is 0 Å². The number of hydrogen-bond donors (Lipinski definition) is 1. The number of benzene rings is 1. The van der Waals surface area contributed by atoms with Gasteiger partial charge in [-0.05, 0) is 23.3 Å². The Balaban J connectivity index is 1.62. The second-order valence-corrected chi connectivity index (χ2v) is 5.58. The highest BCUT2D eigenvalue weighted by Crippen LogP contribution is 2.13. The molecule has 1 fully saturated rings. The van der Waals surface area contributed by atoms with Gasteiger partial charge in [-0.1, -0.05) is 24.3 Å². The van der Waals surface area contributed by atoms with Gasteiger partial charge >= 0.3 is 0 Å². The quantitative estimate of drug-likeness (QED) is 0.915. The van der Waals surface area contributed by atoms with E-state index in [9.17, 15) is 4.79 Å². The summed E-state index contributed by atoms with van der Waals surface area (Å²) in [6.07, 6.45) is 3.25. The number of morpholine rings is 1. The van der Waals surface area contributed by atoms with Crippen LogP contribution in [-0.4, -0.2) is 42.1 Å². The second kappa shape index (κ2) is 7.85. The van der Waals surface area contributed by atoms with Crippen LogP contribution in [0.1, 0.15) is 21.5 Å². The van der Waals surface area contributed by atoms with Crippen molar-refractivity contribution >= 4 is 5.91 Å². The maximum Gasteiger partial charge on any atom is 0.251 e. The molecular formula is C18H21N3O2. The van der Waals surface area contributed by atoms with Gasteiger partial charge in [-0.2, -0.15) is 0 Å². The van der Waals surface area contributed by atoms with E-state index in [1.807, 2.05) is 12.1 Å². The standard InChI is InChI=1S/C18H21N3O2/c22-18(15-5-7-19-8-6-15)20-13-16-3-1-2-4-17(16)14-21-9-11-23-12-10-21/h1-8H,9-14H2,(H,20,22). The Labute approximate surface area is 136 Å².